The normalized spacial score (nSPS) is 23.7. The minimum atomic E-state index is -3.65. The van der Waals surface area contributed by atoms with Gasteiger partial charge in [0.2, 0.25) is 5.95 Å². The van der Waals surface area contributed by atoms with Gasteiger partial charge in [-0.3, -0.25) is 4.98 Å². The number of likely N-dealkylation sites (tertiary alicyclic amines) is 1. The maximum atomic E-state index is 13.2. The SMILES string of the molecule is O=S(=O)(c1nnc(Nc2c3c(cc4c2CCC4)CCC3)[nH]1)N1CC[C@H](CN2CCCC2)C1. The number of aryl methyl sites for hydroxylation is 2. The molecule has 4 aliphatic rings. The number of anilines is 2. The molecule has 0 radical (unpaired) electrons. The topological polar surface area (TPSA) is 94.2 Å². The summed E-state index contributed by atoms with van der Waals surface area (Å²) in [5, 5.41) is 11.6. The molecule has 2 saturated heterocycles. The molecule has 1 aromatic heterocycles. The minimum Gasteiger partial charge on any atom is -0.324 e. The minimum absolute atomic E-state index is 0.0500. The Bertz CT molecular complexity index is 1090. The summed E-state index contributed by atoms with van der Waals surface area (Å²) in [5.41, 5.74) is 6.74. The quantitative estimate of drug-likeness (QED) is 0.694. The zero-order valence-electron chi connectivity index (χ0n) is 18.6. The Morgan fingerprint density at radius 2 is 1.69 bits per heavy atom. The van der Waals surface area contributed by atoms with E-state index in [0.717, 1.165) is 57.4 Å². The van der Waals surface area contributed by atoms with Crippen molar-refractivity contribution in [1.82, 2.24) is 24.4 Å². The lowest BCUT2D eigenvalue weighted by molar-refractivity contribution is 0.282. The van der Waals surface area contributed by atoms with Crippen LogP contribution in [0.2, 0.25) is 0 Å². The second-order valence-electron chi connectivity index (χ2n) is 9.86. The third-order valence-electron chi connectivity index (χ3n) is 7.73. The molecule has 1 aromatic carbocycles. The number of benzene rings is 1. The monoisotopic (exact) mass is 456 g/mol. The molecule has 172 valence electrons. The number of fused-ring (bicyclic) bond motifs is 2. The van der Waals surface area contributed by atoms with Crippen LogP contribution in [0.15, 0.2) is 11.2 Å². The second-order valence-corrected chi connectivity index (χ2v) is 11.7. The zero-order valence-corrected chi connectivity index (χ0v) is 19.4. The molecule has 2 aliphatic carbocycles. The molecule has 8 nitrogen and oxygen atoms in total. The zero-order chi connectivity index (χ0) is 21.7. The van der Waals surface area contributed by atoms with Crippen LogP contribution in [-0.4, -0.2) is 65.5 Å². The van der Waals surface area contributed by atoms with Crippen molar-refractivity contribution < 1.29 is 8.42 Å². The van der Waals surface area contributed by atoms with Crippen molar-refractivity contribution >= 4 is 21.7 Å². The van der Waals surface area contributed by atoms with Crippen LogP contribution < -0.4 is 5.32 Å². The molecule has 0 saturated carbocycles. The lowest BCUT2D eigenvalue weighted by atomic mass is 9.99. The number of sulfonamides is 1. The first kappa shape index (κ1) is 20.6. The van der Waals surface area contributed by atoms with Crippen LogP contribution in [0.1, 0.15) is 54.4 Å². The molecule has 32 heavy (non-hydrogen) atoms. The van der Waals surface area contributed by atoms with Gasteiger partial charge in [0.15, 0.2) is 0 Å². The highest BCUT2D eigenvalue weighted by Crippen LogP contribution is 2.39. The first-order chi connectivity index (χ1) is 15.6. The lowest BCUT2D eigenvalue weighted by Crippen LogP contribution is -2.32. The summed E-state index contributed by atoms with van der Waals surface area (Å²) >= 11 is 0. The predicted octanol–water partition coefficient (Wildman–Crippen LogP) is 2.63. The summed E-state index contributed by atoms with van der Waals surface area (Å²) in [7, 11) is -3.65. The van der Waals surface area contributed by atoms with Crippen molar-refractivity contribution in [3.05, 3.63) is 28.3 Å². The van der Waals surface area contributed by atoms with Crippen molar-refractivity contribution in [2.24, 2.45) is 5.92 Å². The lowest BCUT2D eigenvalue weighted by Gasteiger charge is -2.20. The number of nitrogens with one attached hydrogen (secondary N) is 2. The molecule has 2 N–H and O–H groups in total. The standard InChI is InChI=1S/C23H32N6O2S/c30-32(31,29-12-9-16(15-29)14-28-10-1-2-11-28)23-25-22(26-27-23)24-21-19-7-3-5-17(19)13-18-6-4-8-20(18)21/h13,16H,1-12,14-15H2,(H2,24,25,26,27)/t16-/m1/s1. The van der Waals surface area contributed by atoms with E-state index in [1.165, 1.54) is 47.9 Å². The number of aromatic amines is 1. The van der Waals surface area contributed by atoms with Crippen molar-refractivity contribution in [2.75, 3.05) is 38.0 Å². The summed E-state index contributed by atoms with van der Waals surface area (Å²) < 4.78 is 28.0. The molecule has 1 atom stereocenters. The Morgan fingerprint density at radius 1 is 0.969 bits per heavy atom. The molecule has 0 spiro atoms. The van der Waals surface area contributed by atoms with Crippen molar-refractivity contribution in [1.29, 1.82) is 0 Å². The number of H-pyrrole nitrogens is 1. The van der Waals surface area contributed by atoms with Gasteiger partial charge >= 0.3 is 0 Å². The molecule has 2 aromatic rings. The van der Waals surface area contributed by atoms with Gasteiger partial charge in [0, 0.05) is 25.3 Å². The Morgan fingerprint density at radius 3 is 2.41 bits per heavy atom. The van der Waals surface area contributed by atoms with Gasteiger partial charge in [-0.1, -0.05) is 6.07 Å². The Balaban J connectivity index is 1.19. The Kier molecular flexibility index (Phi) is 5.23. The third kappa shape index (κ3) is 3.64. The van der Waals surface area contributed by atoms with Gasteiger partial charge in [-0.25, -0.2) is 8.42 Å². The van der Waals surface area contributed by atoms with Crippen LogP contribution in [0.5, 0.6) is 0 Å². The highest BCUT2D eigenvalue weighted by molar-refractivity contribution is 7.89. The number of nitrogens with zero attached hydrogens (tertiary/aromatic N) is 4. The van der Waals surface area contributed by atoms with Gasteiger partial charge in [-0.15, -0.1) is 10.2 Å². The van der Waals surface area contributed by atoms with Crippen LogP contribution >= 0.6 is 0 Å². The van der Waals surface area contributed by atoms with Crippen molar-refractivity contribution in [2.45, 2.75) is 62.9 Å². The largest absolute Gasteiger partial charge is 0.324 e. The first-order valence-corrected chi connectivity index (χ1v) is 13.6. The molecule has 2 fully saturated rings. The van der Waals surface area contributed by atoms with Gasteiger partial charge in [-0.2, -0.15) is 4.31 Å². The summed E-state index contributed by atoms with van der Waals surface area (Å²) in [6.07, 6.45) is 10.2. The highest BCUT2D eigenvalue weighted by Gasteiger charge is 2.36. The summed E-state index contributed by atoms with van der Waals surface area (Å²) in [6, 6.07) is 2.39. The van der Waals surface area contributed by atoms with Crippen molar-refractivity contribution in [3.63, 3.8) is 0 Å². The van der Waals surface area contributed by atoms with Gasteiger partial charge in [0.05, 0.1) is 0 Å². The van der Waals surface area contributed by atoms with E-state index in [0.29, 0.717) is 25.0 Å². The number of hydrogen-bond acceptors (Lipinski definition) is 6. The summed E-state index contributed by atoms with van der Waals surface area (Å²) in [6.45, 7) is 4.42. The fourth-order valence-electron chi connectivity index (χ4n) is 6.12. The smallest absolute Gasteiger partial charge is 0.278 e. The van der Waals surface area contributed by atoms with Gasteiger partial charge in [-0.05, 0) is 99.0 Å². The van der Waals surface area contributed by atoms with E-state index < -0.39 is 10.0 Å². The summed E-state index contributed by atoms with van der Waals surface area (Å²) in [5.74, 6) is 0.823. The fourth-order valence-corrected chi connectivity index (χ4v) is 7.49. The van der Waals surface area contributed by atoms with Crippen LogP contribution in [0, 0.1) is 5.92 Å². The van der Waals surface area contributed by atoms with Crippen LogP contribution in [0.25, 0.3) is 0 Å². The molecule has 2 aliphatic heterocycles. The van der Waals surface area contributed by atoms with E-state index in [4.69, 9.17) is 0 Å². The first-order valence-electron chi connectivity index (χ1n) is 12.2. The molecule has 0 amide bonds. The van der Waals surface area contributed by atoms with E-state index in [9.17, 15) is 8.42 Å². The Labute approximate surface area is 189 Å². The molecular weight excluding hydrogens is 424 g/mol. The van der Waals surface area contributed by atoms with E-state index >= 15 is 0 Å². The highest BCUT2D eigenvalue weighted by atomic mass is 32.2. The molecule has 6 rings (SSSR count). The van der Waals surface area contributed by atoms with Gasteiger partial charge < -0.3 is 10.2 Å². The van der Waals surface area contributed by atoms with Gasteiger partial charge in [0.25, 0.3) is 15.2 Å². The average Bonchev–Trinajstić information content (AvgIpc) is 3.58. The van der Waals surface area contributed by atoms with Crippen molar-refractivity contribution in [3.8, 4) is 0 Å². The van der Waals surface area contributed by atoms with E-state index in [1.807, 2.05) is 0 Å². The van der Waals surface area contributed by atoms with E-state index in [1.54, 1.807) is 4.31 Å². The molecule has 0 unspecified atom stereocenters. The second kappa shape index (κ2) is 8.11. The van der Waals surface area contributed by atoms with Crippen LogP contribution in [-0.2, 0) is 35.7 Å². The van der Waals surface area contributed by atoms with E-state index in [2.05, 4.69) is 31.5 Å². The molecule has 9 heteroatoms. The van der Waals surface area contributed by atoms with Crippen LogP contribution in [0.4, 0.5) is 11.6 Å². The van der Waals surface area contributed by atoms with Gasteiger partial charge in [0.1, 0.15) is 0 Å². The molecule has 3 heterocycles. The number of aromatic nitrogens is 3. The number of hydrogen-bond donors (Lipinski definition) is 2. The average molecular weight is 457 g/mol. The molecule has 0 bridgehead atoms. The van der Waals surface area contributed by atoms with Crippen LogP contribution in [0.3, 0.4) is 0 Å². The maximum absolute atomic E-state index is 13.2. The summed E-state index contributed by atoms with van der Waals surface area (Å²) in [4.78, 5) is 5.44. The number of rotatable bonds is 6. The fraction of sp³-hybridized carbons (Fsp3) is 0.652. The maximum Gasteiger partial charge on any atom is 0.278 e. The predicted molar refractivity (Wildman–Crippen MR) is 123 cm³/mol. The van der Waals surface area contributed by atoms with E-state index in [-0.39, 0.29) is 5.16 Å². The molecular formula is C23H32N6O2S. The Hall–Kier alpha value is -1.97. The third-order valence-corrected chi connectivity index (χ3v) is 9.41.